The molecule has 1 saturated heterocycles. The van der Waals surface area contributed by atoms with Crippen LogP contribution in [0, 0.1) is 0 Å². The van der Waals surface area contributed by atoms with Crippen molar-refractivity contribution >= 4 is 23.8 Å². The van der Waals surface area contributed by atoms with Crippen LogP contribution in [0.2, 0.25) is 0 Å². The molecule has 0 aromatic carbocycles. The maximum atomic E-state index is 11.9. The van der Waals surface area contributed by atoms with E-state index in [1.807, 2.05) is 0 Å². The van der Waals surface area contributed by atoms with E-state index in [1.54, 1.807) is 0 Å². The maximum Gasteiger partial charge on any atom is 0.303 e. The second kappa shape index (κ2) is 18.9. The van der Waals surface area contributed by atoms with Crippen LogP contribution in [-0.2, 0) is 42.9 Å². The lowest BCUT2D eigenvalue weighted by atomic mass is 9.96. The summed E-state index contributed by atoms with van der Waals surface area (Å²) in [6.07, 6.45) is 7.07. The minimum atomic E-state index is -1.12. The molecule has 0 aliphatic carbocycles. The molecule has 0 saturated carbocycles. The highest BCUT2D eigenvalue weighted by atomic mass is 16.7. The van der Waals surface area contributed by atoms with Gasteiger partial charge in [-0.25, -0.2) is 0 Å². The Morgan fingerprint density at radius 2 is 1.24 bits per heavy atom. The first-order chi connectivity index (χ1) is 17.6. The molecule has 0 aromatic heterocycles. The summed E-state index contributed by atoms with van der Waals surface area (Å²) in [6, 6.07) is -0.932. The van der Waals surface area contributed by atoms with Crippen molar-refractivity contribution in [2.45, 2.75) is 123 Å². The Kier molecular flexibility index (Phi) is 16.8. The minimum absolute atomic E-state index is 0.246. The van der Waals surface area contributed by atoms with Gasteiger partial charge in [0.2, 0.25) is 5.91 Å². The van der Waals surface area contributed by atoms with Crippen molar-refractivity contribution in [2.75, 3.05) is 19.8 Å². The molecule has 1 rings (SSSR count). The predicted octanol–water partition coefficient (Wildman–Crippen LogP) is 2.52. The maximum absolute atomic E-state index is 11.9. The SMILES string of the molecule is CC(=O)NC1C(OCCCCCCCCCCCCN)OC(COC(C)=O)C(OC(C)=O)C1OC(C)=O. The highest BCUT2D eigenvalue weighted by Gasteiger charge is 2.51. The molecule has 11 heteroatoms. The molecule has 1 fully saturated rings. The van der Waals surface area contributed by atoms with Crippen molar-refractivity contribution < 1.29 is 42.9 Å². The molecule has 37 heavy (non-hydrogen) atoms. The molecule has 0 radical (unpaired) electrons. The summed E-state index contributed by atoms with van der Waals surface area (Å²) in [6.45, 7) is 5.83. The third kappa shape index (κ3) is 14.3. The Bertz CT molecular complexity index is 704. The Morgan fingerprint density at radius 1 is 0.730 bits per heavy atom. The first kappa shape index (κ1) is 32.8. The number of amides is 1. The van der Waals surface area contributed by atoms with Crippen molar-refractivity contribution in [3.63, 3.8) is 0 Å². The number of nitrogens with one attached hydrogen (secondary N) is 1. The van der Waals surface area contributed by atoms with E-state index in [9.17, 15) is 19.2 Å². The fourth-order valence-electron chi connectivity index (χ4n) is 4.29. The van der Waals surface area contributed by atoms with Gasteiger partial charge in [0, 0.05) is 34.3 Å². The first-order valence-corrected chi connectivity index (χ1v) is 13.4. The van der Waals surface area contributed by atoms with Crippen molar-refractivity contribution in [2.24, 2.45) is 5.73 Å². The van der Waals surface area contributed by atoms with Crippen LogP contribution in [0.3, 0.4) is 0 Å². The number of esters is 3. The van der Waals surface area contributed by atoms with Gasteiger partial charge in [0.05, 0.1) is 0 Å². The molecule has 214 valence electrons. The molecule has 1 amide bonds. The Labute approximate surface area is 220 Å². The normalized spacial score (nSPS) is 23.2. The summed E-state index contributed by atoms with van der Waals surface area (Å²) >= 11 is 0. The van der Waals surface area contributed by atoms with Gasteiger partial charge in [-0.15, -0.1) is 0 Å². The predicted molar refractivity (Wildman–Crippen MR) is 135 cm³/mol. The molecular formula is C26H46N2O9. The summed E-state index contributed by atoms with van der Waals surface area (Å²) in [7, 11) is 0. The molecule has 1 heterocycles. The van der Waals surface area contributed by atoms with Crippen molar-refractivity contribution in [1.29, 1.82) is 0 Å². The van der Waals surface area contributed by atoms with Gasteiger partial charge < -0.3 is 34.7 Å². The second-order valence-corrected chi connectivity index (χ2v) is 9.41. The van der Waals surface area contributed by atoms with Gasteiger partial charge in [0.25, 0.3) is 0 Å². The smallest absolute Gasteiger partial charge is 0.303 e. The minimum Gasteiger partial charge on any atom is -0.463 e. The number of carbonyl (C=O) groups excluding carboxylic acids is 4. The van der Waals surface area contributed by atoms with Crippen LogP contribution in [0.4, 0.5) is 0 Å². The lowest BCUT2D eigenvalue weighted by molar-refractivity contribution is -0.277. The topological polar surface area (TPSA) is 152 Å². The van der Waals surface area contributed by atoms with Gasteiger partial charge in [0.1, 0.15) is 18.8 Å². The number of hydrogen-bond donors (Lipinski definition) is 2. The van der Waals surface area contributed by atoms with E-state index in [0.29, 0.717) is 6.61 Å². The van der Waals surface area contributed by atoms with Gasteiger partial charge in [-0.1, -0.05) is 51.4 Å². The molecule has 5 unspecified atom stereocenters. The summed E-state index contributed by atoms with van der Waals surface area (Å²) in [5.41, 5.74) is 5.51. The van der Waals surface area contributed by atoms with Crippen molar-refractivity contribution in [1.82, 2.24) is 5.32 Å². The van der Waals surface area contributed by atoms with Crippen LogP contribution in [-0.4, -0.2) is 74.2 Å². The summed E-state index contributed by atoms with van der Waals surface area (Å²) in [5.74, 6) is -2.23. The molecule has 1 aliphatic rings. The average molecular weight is 531 g/mol. The van der Waals surface area contributed by atoms with Crippen LogP contribution in [0.25, 0.3) is 0 Å². The number of hydrogen-bond acceptors (Lipinski definition) is 10. The molecule has 0 aromatic rings. The molecule has 11 nitrogen and oxygen atoms in total. The van der Waals surface area contributed by atoms with E-state index in [2.05, 4.69) is 5.32 Å². The lowest BCUT2D eigenvalue weighted by Gasteiger charge is -2.44. The first-order valence-electron chi connectivity index (χ1n) is 13.4. The number of nitrogens with two attached hydrogens (primary N) is 1. The molecule has 0 spiro atoms. The lowest BCUT2D eigenvalue weighted by Crippen LogP contribution is -2.66. The molecule has 1 aliphatic heterocycles. The fraction of sp³-hybridized carbons (Fsp3) is 0.846. The zero-order chi connectivity index (χ0) is 27.6. The van der Waals surface area contributed by atoms with Crippen LogP contribution in [0.1, 0.15) is 91.9 Å². The highest BCUT2D eigenvalue weighted by molar-refractivity contribution is 5.73. The van der Waals surface area contributed by atoms with Gasteiger partial charge in [0.15, 0.2) is 18.5 Å². The number of unbranched alkanes of at least 4 members (excludes halogenated alkanes) is 9. The van der Waals surface area contributed by atoms with E-state index < -0.39 is 54.5 Å². The van der Waals surface area contributed by atoms with E-state index in [4.69, 9.17) is 29.4 Å². The highest BCUT2D eigenvalue weighted by Crippen LogP contribution is 2.28. The quantitative estimate of drug-likeness (QED) is 0.154. The molecular weight excluding hydrogens is 484 g/mol. The summed E-state index contributed by atoms with van der Waals surface area (Å²) in [5, 5.41) is 2.70. The van der Waals surface area contributed by atoms with E-state index in [0.717, 1.165) is 38.6 Å². The molecule has 5 atom stereocenters. The van der Waals surface area contributed by atoms with Crippen LogP contribution in [0.15, 0.2) is 0 Å². The second-order valence-electron chi connectivity index (χ2n) is 9.41. The van der Waals surface area contributed by atoms with Gasteiger partial charge in [-0.3, -0.25) is 19.2 Å². The zero-order valence-corrected chi connectivity index (χ0v) is 22.8. The summed E-state index contributed by atoms with van der Waals surface area (Å²) < 4.78 is 27.9. The number of carbonyl (C=O) groups is 4. The Morgan fingerprint density at radius 3 is 1.73 bits per heavy atom. The van der Waals surface area contributed by atoms with Crippen molar-refractivity contribution in [3.8, 4) is 0 Å². The standard InChI is InChI=1S/C26H46N2O9/c1-18(29)28-23-25(36-21(4)32)24(35-20(3)31)22(17-34-19(2)30)37-26(23)33-16-14-12-10-8-6-5-7-9-11-13-15-27/h22-26H,5-17,27H2,1-4H3,(H,28,29). The van der Waals surface area contributed by atoms with Gasteiger partial charge in [-0.2, -0.15) is 0 Å². The van der Waals surface area contributed by atoms with E-state index >= 15 is 0 Å². The van der Waals surface area contributed by atoms with Gasteiger partial charge >= 0.3 is 17.9 Å². The zero-order valence-electron chi connectivity index (χ0n) is 22.8. The monoisotopic (exact) mass is 530 g/mol. The summed E-state index contributed by atoms with van der Waals surface area (Å²) in [4.78, 5) is 47.0. The van der Waals surface area contributed by atoms with Crippen LogP contribution >= 0.6 is 0 Å². The fourth-order valence-corrected chi connectivity index (χ4v) is 4.29. The molecule has 0 bridgehead atoms. The largest absolute Gasteiger partial charge is 0.463 e. The van der Waals surface area contributed by atoms with E-state index in [1.165, 1.54) is 59.8 Å². The molecule has 3 N–H and O–H groups in total. The van der Waals surface area contributed by atoms with Crippen LogP contribution in [0.5, 0.6) is 0 Å². The van der Waals surface area contributed by atoms with Crippen molar-refractivity contribution in [3.05, 3.63) is 0 Å². The Hall–Kier alpha value is -2.24. The average Bonchev–Trinajstić information content (AvgIpc) is 2.81. The van der Waals surface area contributed by atoms with Gasteiger partial charge in [-0.05, 0) is 19.4 Å². The third-order valence-electron chi connectivity index (χ3n) is 5.95. The third-order valence-corrected chi connectivity index (χ3v) is 5.95. The van der Waals surface area contributed by atoms with E-state index in [-0.39, 0.29) is 6.61 Å². The number of rotatable bonds is 18. The Balaban J connectivity index is 2.71. The van der Waals surface area contributed by atoms with Crippen LogP contribution < -0.4 is 11.1 Å². The number of ether oxygens (including phenoxy) is 5.